The number of rotatable bonds is 8. The summed E-state index contributed by atoms with van der Waals surface area (Å²) in [4.78, 5) is 28.4. The second-order valence-corrected chi connectivity index (χ2v) is 8.60. The zero-order chi connectivity index (χ0) is 25.7. The number of aryl methyl sites for hydroxylation is 2. The highest BCUT2D eigenvalue weighted by atomic mass is 16.6. The highest BCUT2D eigenvalue weighted by molar-refractivity contribution is 5.83. The van der Waals surface area contributed by atoms with Crippen LogP contribution >= 0.6 is 0 Å². The third-order valence-corrected chi connectivity index (χ3v) is 5.60. The molecule has 1 saturated heterocycles. The molecule has 2 aromatic carbocycles. The molecule has 12 nitrogen and oxygen atoms in total. The van der Waals surface area contributed by atoms with Gasteiger partial charge in [-0.15, -0.1) is 0 Å². The van der Waals surface area contributed by atoms with Crippen LogP contribution in [0.15, 0.2) is 41.5 Å². The largest absolute Gasteiger partial charge is 0.378 e. The summed E-state index contributed by atoms with van der Waals surface area (Å²) in [5.41, 5.74) is 7.04. The molecule has 0 atom stereocenters. The minimum Gasteiger partial charge on any atom is -0.378 e. The van der Waals surface area contributed by atoms with Crippen LogP contribution in [-0.4, -0.2) is 66.5 Å². The van der Waals surface area contributed by atoms with E-state index in [0.29, 0.717) is 49.5 Å². The molecule has 0 saturated carbocycles. The van der Waals surface area contributed by atoms with Crippen LogP contribution in [0.4, 0.5) is 34.9 Å². The first-order valence-corrected chi connectivity index (χ1v) is 11.5. The average Bonchev–Trinajstić information content (AvgIpc) is 2.86. The number of anilines is 5. The Labute approximate surface area is 209 Å². The van der Waals surface area contributed by atoms with Gasteiger partial charge in [-0.25, -0.2) is 5.43 Å². The molecule has 1 aliphatic rings. The van der Waals surface area contributed by atoms with Crippen LogP contribution in [0.2, 0.25) is 0 Å². The lowest BCUT2D eigenvalue weighted by Gasteiger charge is -2.27. The Morgan fingerprint density at radius 1 is 1.08 bits per heavy atom. The van der Waals surface area contributed by atoms with Crippen molar-refractivity contribution in [1.82, 2.24) is 15.0 Å². The summed E-state index contributed by atoms with van der Waals surface area (Å²) in [6.07, 6.45) is 1.49. The molecule has 4 rings (SSSR count). The van der Waals surface area contributed by atoms with Gasteiger partial charge in [0, 0.05) is 44.5 Å². The number of hydrogen-bond donors (Lipinski definition) is 2. The first kappa shape index (κ1) is 24.8. The van der Waals surface area contributed by atoms with E-state index in [-0.39, 0.29) is 11.6 Å². The number of aromatic nitrogens is 3. The maximum atomic E-state index is 11.5. The Hall–Kier alpha value is -4.32. The number of nitrogens with one attached hydrogen (secondary N) is 2. The molecule has 0 aliphatic carbocycles. The minimum atomic E-state index is -0.411. The van der Waals surface area contributed by atoms with Gasteiger partial charge in [0.2, 0.25) is 17.8 Å². The Balaban J connectivity index is 1.59. The molecular weight excluding hydrogens is 462 g/mol. The molecule has 0 bridgehead atoms. The number of hydrazone groups is 1. The van der Waals surface area contributed by atoms with Crippen molar-refractivity contribution in [1.29, 1.82) is 0 Å². The van der Waals surface area contributed by atoms with E-state index in [0.717, 1.165) is 11.3 Å². The third kappa shape index (κ3) is 6.02. The standard InChI is InChI=1S/C24H29N9O3/c1-16-5-7-19(17(2)13-16)26-22-27-23(29-24(28-22)32-9-11-36-12-10-32)30-25-15-18-6-8-20(31(3)4)21(14-18)33(34)35/h5-8,13-15H,9-12H2,1-4H3,(H2,26,27,28,29,30)/b25-15+. The van der Waals surface area contributed by atoms with Gasteiger partial charge in [-0.05, 0) is 31.5 Å². The fourth-order valence-electron chi connectivity index (χ4n) is 3.76. The van der Waals surface area contributed by atoms with E-state index in [1.807, 2.05) is 30.9 Å². The number of hydrogen-bond acceptors (Lipinski definition) is 11. The summed E-state index contributed by atoms with van der Waals surface area (Å²) < 4.78 is 5.45. The predicted molar refractivity (Wildman–Crippen MR) is 141 cm³/mol. The van der Waals surface area contributed by atoms with E-state index in [9.17, 15) is 10.1 Å². The molecule has 1 aliphatic heterocycles. The van der Waals surface area contributed by atoms with Crippen molar-refractivity contribution in [2.24, 2.45) is 5.10 Å². The SMILES string of the molecule is Cc1ccc(Nc2nc(N/N=C/c3ccc(N(C)C)c([N+](=O)[O-])c3)nc(N3CCOCC3)n2)c(C)c1. The van der Waals surface area contributed by atoms with Crippen molar-refractivity contribution in [2.45, 2.75) is 13.8 Å². The van der Waals surface area contributed by atoms with Gasteiger partial charge in [0.1, 0.15) is 5.69 Å². The number of nitro benzene ring substituents is 1. The molecule has 1 fully saturated rings. The number of benzene rings is 2. The van der Waals surface area contributed by atoms with Gasteiger partial charge in [0.05, 0.1) is 24.4 Å². The third-order valence-electron chi connectivity index (χ3n) is 5.60. The van der Waals surface area contributed by atoms with Gasteiger partial charge in [-0.2, -0.15) is 20.1 Å². The van der Waals surface area contributed by atoms with Crippen molar-refractivity contribution in [3.63, 3.8) is 0 Å². The molecular formula is C24H29N9O3. The van der Waals surface area contributed by atoms with Crippen molar-refractivity contribution < 1.29 is 9.66 Å². The van der Waals surface area contributed by atoms with Crippen LogP contribution < -0.4 is 20.5 Å². The first-order valence-electron chi connectivity index (χ1n) is 11.5. The van der Waals surface area contributed by atoms with Crippen LogP contribution in [0, 0.1) is 24.0 Å². The zero-order valence-corrected chi connectivity index (χ0v) is 20.7. The second kappa shape index (κ2) is 11.0. The quantitative estimate of drug-likeness (QED) is 0.274. The predicted octanol–water partition coefficient (Wildman–Crippen LogP) is 3.49. The topological polar surface area (TPSA) is 134 Å². The Kier molecular flexibility index (Phi) is 7.54. The summed E-state index contributed by atoms with van der Waals surface area (Å²) in [5.74, 6) is 1.13. The lowest BCUT2D eigenvalue weighted by atomic mass is 10.1. The van der Waals surface area contributed by atoms with Crippen molar-refractivity contribution in [3.05, 3.63) is 63.2 Å². The number of morpholine rings is 1. The molecule has 2 N–H and O–H groups in total. The Bertz CT molecular complexity index is 1270. The van der Waals surface area contributed by atoms with E-state index in [1.165, 1.54) is 17.8 Å². The highest BCUT2D eigenvalue weighted by Crippen LogP contribution is 2.27. The van der Waals surface area contributed by atoms with E-state index >= 15 is 0 Å². The maximum absolute atomic E-state index is 11.5. The van der Waals surface area contributed by atoms with E-state index in [2.05, 4.69) is 36.9 Å². The Morgan fingerprint density at radius 2 is 1.83 bits per heavy atom. The van der Waals surface area contributed by atoms with Gasteiger partial charge in [0.15, 0.2) is 0 Å². The summed E-state index contributed by atoms with van der Waals surface area (Å²) in [6, 6.07) is 11.0. The van der Waals surface area contributed by atoms with Crippen molar-refractivity contribution >= 4 is 41.1 Å². The van der Waals surface area contributed by atoms with Crippen LogP contribution in [0.3, 0.4) is 0 Å². The molecule has 12 heteroatoms. The molecule has 0 amide bonds. The number of nitro groups is 1. The summed E-state index contributed by atoms with van der Waals surface area (Å²) >= 11 is 0. The normalized spacial score (nSPS) is 13.6. The molecule has 188 valence electrons. The van der Waals surface area contributed by atoms with E-state index < -0.39 is 4.92 Å². The molecule has 1 aromatic heterocycles. The highest BCUT2D eigenvalue weighted by Gasteiger charge is 2.18. The summed E-state index contributed by atoms with van der Waals surface area (Å²) in [5, 5.41) is 19.0. The van der Waals surface area contributed by atoms with Crippen molar-refractivity contribution in [2.75, 3.05) is 60.9 Å². The van der Waals surface area contributed by atoms with Crippen LogP contribution in [0.25, 0.3) is 0 Å². The Morgan fingerprint density at radius 3 is 2.53 bits per heavy atom. The fourth-order valence-corrected chi connectivity index (χ4v) is 3.76. The fraction of sp³-hybridized carbons (Fsp3) is 0.333. The smallest absolute Gasteiger partial charge is 0.293 e. The minimum absolute atomic E-state index is 0.00123. The van der Waals surface area contributed by atoms with Gasteiger partial charge >= 0.3 is 0 Å². The lowest BCUT2D eigenvalue weighted by molar-refractivity contribution is -0.384. The van der Waals surface area contributed by atoms with Gasteiger partial charge in [-0.1, -0.05) is 23.8 Å². The van der Waals surface area contributed by atoms with Crippen LogP contribution in [-0.2, 0) is 4.74 Å². The van der Waals surface area contributed by atoms with Crippen LogP contribution in [0.1, 0.15) is 16.7 Å². The zero-order valence-electron chi connectivity index (χ0n) is 20.7. The first-order chi connectivity index (χ1) is 17.3. The van der Waals surface area contributed by atoms with Crippen molar-refractivity contribution in [3.8, 4) is 0 Å². The van der Waals surface area contributed by atoms with Gasteiger partial charge in [0.25, 0.3) is 5.69 Å². The van der Waals surface area contributed by atoms with Gasteiger partial charge < -0.3 is 19.9 Å². The molecule has 0 spiro atoms. The molecule has 3 aromatic rings. The number of nitrogens with zero attached hydrogens (tertiary/aromatic N) is 7. The number of ether oxygens (including phenoxy) is 1. The van der Waals surface area contributed by atoms with Crippen LogP contribution in [0.5, 0.6) is 0 Å². The van der Waals surface area contributed by atoms with E-state index in [4.69, 9.17) is 4.74 Å². The summed E-state index contributed by atoms with van der Waals surface area (Å²) in [7, 11) is 3.52. The molecule has 0 unspecified atom stereocenters. The molecule has 2 heterocycles. The summed E-state index contributed by atoms with van der Waals surface area (Å²) in [6.45, 7) is 6.57. The van der Waals surface area contributed by atoms with Gasteiger partial charge in [-0.3, -0.25) is 10.1 Å². The molecule has 36 heavy (non-hydrogen) atoms. The lowest BCUT2D eigenvalue weighted by Crippen LogP contribution is -2.37. The maximum Gasteiger partial charge on any atom is 0.293 e. The average molecular weight is 492 g/mol. The monoisotopic (exact) mass is 491 g/mol. The molecule has 0 radical (unpaired) electrons. The second-order valence-electron chi connectivity index (χ2n) is 8.60. The van der Waals surface area contributed by atoms with E-state index in [1.54, 1.807) is 31.1 Å².